The van der Waals surface area contributed by atoms with Crippen LogP contribution in [0, 0.1) is 5.92 Å². The molecular weight excluding hydrogens is 210 g/mol. The first-order valence-corrected chi connectivity index (χ1v) is 7.48. The molecule has 1 unspecified atom stereocenters. The third kappa shape index (κ3) is 2.57. The van der Waals surface area contributed by atoms with Crippen molar-refractivity contribution in [1.29, 1.82) is 0 Å². The Hall–Kier alpha value is -0.370. The molecule has 2 aliphatic rings. The quantitative estimate of drug-likeness (QED) is 0.747. The van der Waals surface area contributed by atoms with Gasteiger partial charge in [0.2, 0.25) is 0 Å². The molecule has 2 heteroatoms. The first kappa shape index (κ1) is 13.1. The van der Waals surface area contributed by atoms with Gasteiger partial charge in [-0.1, -0.05) is 26.2 Å². The minimum atomic E-state index is -0.171. The van der Waals surface area contributed by atoms with Crippen molar-refractivity contribution in [3.8, 4) is 0 Å². The summed E-state index contributed by atoms with van der Waals surface area (Å²) in [5.41, 5.74) is -0.171. The van der Waals surface area contributed by atoms with Crippen molar-refractivity contribution in [2.45, 2.75) is 70.8 Å². The zero-order valence-electron chi connectivity index (χ0n) is 11.5. The highest BCUT2D eigenvalue weighted by Gasteiger charge is 2.41. The van der Waals surface area contributed by atoms with Gasteiger partial charge in [0.05, 0.1) is 5.54 Å². The van der Waals surface area contributed by atoms with E-state index in [2.05, 4.69) is 18.7 Å². The minimum Gasteiger partial charge on any atom is -0.297 e. The van der Waals surface area contributed by atoms with Crippen LogP contribution in [-0.4, -0.2) is 29.3 Å². The molecule has 0 radical (unpaired) electrons. The van der Waals surface area contributed by atoms with Crippen LogP contribution in [0.4, 0.5) is 0 Å². The summed E-state index contributed by atoms with van der Waals surface area (Å²) in [6.07, 6.45) is 9.66. The molecule has 0 N–H and O–H groups in total. The molecule has 0 bridgehead atoms. The molecule has 17 heavy (non-hydrogen) atoms. The number of likely N-dealkylation sites (tertiary alicyclic amines) is 1. The molecular formula is C15H27NO. The van der Waals surface area contributed by atoms with Gasteiger partial charge in [-0.05, 0) is 52.1 Å². The third-order valence-corrected chi connectivity index (χ3v) is 5.00. The molecule has 98 valence electrons. The highest BCUT2D eigenvalue weighted by molar-refractivity contribution is 5.90. The summed E-state index contributed by atoms with van der Waals surface area (Å²) in [4.78, 5) is 15.2. The Bertz CT molecular complexity index is 264. The molecule has 1 atom stereocenters. The van der Waals surface area contributed by atoms with Gasteiger partial charge in [-0.25, -0.2) is 0 Å². The first-order chi connectivity index (χ1) is 8.18. The number of carbonyl (C=O) groups is 1. The van der Waals surface area contributed by atoms with Crippen LogP contribution in [0.15, 0.2) is 0 Å². The Morgan fingerprint density at radius 1 is 1.12 bits per heavy atom. The molecule has 0 amide bonds. The number of hydrogen-bond acceptors (Lipinski definition) is 2. The van der Waals surface area contributed by atoms with Crippen LogP contribution in [0.3, 0.4) is 0 Å². The second kappa shape index (κ2) is 5.51. The van der Waals surface area contributed by atoms with Crippen LogP contribution in [0.1, 0.15) is 65.2 Å². The van der Waals surface area contributed by atoms with E-state index in [1.165, 1.54) is 32.1 Å². The van der Waals surface area contributed by atoms with Crippen molar-refractivity contribution >= 4 is 5.78 Å². The molecule has 0 aromatic heterocycles. The van der Waals surface area contributed by atoms with Gasteiger partial charge < -0.3 is 0 Å². The molecule has 2 nitrogen and oxygen atoms in total. The second-order valence-corrected chi connectivity index (χ2v) is 6.02. The molecule has 0 spiro atoms. The smallest absolute Gasteiger partial charge is 0.155 e. The van der Waals surface area contributed by atoms with Crippen molar-refractivity contribution in [3.63, 3.8) is 0 Å². The van der Waals surface area contributed by atoms with Crippen LogP contribution in [0.25, 0.3) is 0 Å². The number of ketones is 1. The van der Waals surface area contributed by atoms with Gasteiger partial charge in [-0.15, -0.1) is 0 Å². The SMILES string of the molecule is CCC(C)(C(=O)C1CCCC1)N1CCCCC1. The van der Waals surface area contributed by atoms with E-state index in [0.717, 1.165) is 32.4 Å². The van der Waals surface area contributed by atoms with Gasteiger partial charge in [0.25, 0.3) is 0 Å². The monoisotopic (exact) mass is 237 g/mol. The lowest BCUT2D eigenvalue weighted by molar-refractivity contribution is -0.135. The van der Waals surface area contributed by atoms with Crippen molar-refractivity contribution in [3.05, 3.63) is 0 Å². The Labute approximate surface area is 106 Å². The summed E-state index contributed by atoms with van der Waals surface area (Å²) < 4.78 is 0. The van der Waals surface area contributed by atoms with Gasteiger partial charge in [0.1, 0.15) is 0 Å². The van der Waals surface area contributed by atoms with E-state index in [1.54, 1.807) is 0 Å². The molecule has 1 aliphatic heterocycles. The summed E-state index contributed by atoms with van der Waals surface area (Å²) in [6.45, 7) is 6.63. The van der Waals surface area contributed by atoms with E-state index in [9.17, 15) is 4.79 Å². The largest absolute Gasteiger partial charge is 0.297 e. The molecule has 0 aromatic carbocycles. The third-order valence-electron chi connectivity index (χ3n) is 5.00. The van der Waals surface area contributed by atoms with Gasteiger partial charge in [0.15, 0.2) is 5.78 Å². The standard InChI is InChI=1S/C15H27NO/c1-3-15(2,16-11-7-4-8-12-16)14(17)13-9-5-6-10-13/h13H,3-12H2,1-2H3. The van der Waals surface area contributed by atoms with Crippen LogP contribution in [0.2, 0.25) is 0 Å². The number of Topliss-reactive ketones (excluding diaryl/α,β-unsaturated/α-hetero) is 1. The van der Waals surface area contributed by atoms with E-state index in [-0.39, 0.29) is 5.54 Å². The fourth-order valence-corrected chi connectivity index (χ4v) is 3.57. The normalized spacial score (nSPS) is 26.9. The maximum absolute atomic E-state index is 12.8. The van der Waals surface area contributed by atoms with Crippen LogP contribution in [-0.2, 0) is 4.79 Å². The van der Waals surface area contributed by atoms with Crippen LogP contribution >= 0.6 is 0 Å². The summed E-state index contributed by atoms with van der Waals surface area (Å²) in [7, 11) is 0. The summed E-state index contributed by atoms with van der Waals surface area (Å²) in [6, 6.07) is 0. The van der Waals surface area contributed by atoms with E-state index in [1.807, 2.05) is 0 Å². The number of piperidine rings is 1. The Balaban J connectivity index is 2.08. The highest BCUT2D eigenvalue weighted by atomic mass is 16.1. The molecule has 1 saturated heterocycles. The zero-order valence-corrected chi connectivity index (χ0v) is 11.5. The first-order valence-electron chi connectivity index (χ1n) is 7.48. The fourth-order valence-electron chi connectivity index (χ4n) is 3.57. The van der Waals surface area contributed by atoms with E-state index in [0.29, 0.717) is 11.7 Å². The maximum Gasteiger partial charge on any atom is 0.155 e. The van der Waals surface area contributed by atoms with E-state index in [4.69, 9.17) is 0 Å². The predicted octanol–water partition coefficient (Wildman–Crippen LogP) is 3.40. The topological polar surface area (TPSA) is 20.3 Å². The van der Waals surface area contributed by atoms with Crippen molar-refractivity contribution in [2.75, 3.05) is 13.1 Å². The Morgan fingerprint density at radius 3 is 2.24 bits per heavy atom. The van der Waals surface area contributed by atoms with E-state index < -0.39 is 0 Å². The molecule has 2 rings (SSSR count). The van der Waals surface area contributed by atoms with Crippen molar-refractivity contribution in [2.24, 2.45) is 5.92 Å². The van der Waals surface area contributed by atoms with Crippen LogP contribution < -0.4 is 0 Å². The van der Waals surface area contributed by atoms with Crippen molar-refractivity contribution in [1.82, 2.24) is 4.90 Å². The average Bonchev–Trinajstić information content (AvgIpc) is 2.92. The number of carbonyl (C=O) groups excluding carboxylic acids is 1. The molecule has 1 heterocycles. The Morgan fingerprint density at radius 2 is 1.71 bits per heavy atom. The van der Waals surface area contributed by atoms with Crippen molar-refractivity contribution < 1.29 is 4.79 Å². The number of rotatable bonds is 4. The fraction of sp³-hybridized carbons (Fsp3) is 0.933. The average molecular weight is 237 g/mol. The zero-order chi connectivity index (χ0) is 12.3. The summed E-state index contributed by atoms with van der Waals surface area (Å²) >= 11 is 0. The molecule has 2 fully saturated rings. The summed E-state index contributed by atoms with van der Waals surface area (Å²) in [5, 5.41) is 0. The Kier molecular flexibility index (Phi) is 4.24. The predicted molar refractivity (Wildman–Crippen MR) is 71.1 cm³/mol. The second-order valence-electron chi connectivity index (χ2n) is 6.02. The lowest BCUT2D eigenvalue weighted by Crippen LogP contribution is -2.55. The van der Waals surface area contributed by atoms with Crippen LogP contribution in [0.5, 0.6) is 0 Å². The lowest BCUT2D eigenvalue weighted by atomic mass is 9.82. The van der Waals surface area contributed by atoms with E-state index >= 15 is 0 Å². The minimum absolute atomic E-state index is 0.171. The van der Waals surface area contributed by atoms with Gasteiger partial charge >= 0.3 is 0 Å². The molecule has 1 saturated carbocycles. The summed E-state index contributed by atoms with van der Waals surface area (Å²) in [5.74, 6) is 0.904. The highest BCUT2D eigenvalue weighted by Crippen LogP contribution is 2.34. The maximum atomic E-state index is 12.8. The van der Waals surface area contributed by atoms with Gasteiger partial charge in [-0.2, -0.15) is 0 Å². The van der Waals surface area contributed by atoms with Gasteiger partial charge in [-0.3, -0.25) is 9.69 Å². The van der Waals surface area contributed by atoms with Gasteiger partial charge in [0, 0.05) is 5.92 Å². The number of nitrogens with zero attached hydrogens (tertiary/aromatic N) is 1. The lowest BCUT2D eigenvalue weighted by Gasteiger charge is -2.43. The molecule has 0 aromatic rings. The number of hydrogen-bond donors (Lipinski definition) is 0. The molecule has 1 aliphatic carbocycles.